The number of unbranched alkanes of at least 4 members (excludes halogenated alkanes) is 3. The van der Waals surface area contributed by atoms with Gasteiger partial charge in [0.05, 0.1) is 17.1 Å². The van der Waals surface area contributed by atoms with E-state index in [1.807, 2.05) is 0 Å². The van der Waals surface area contributed by atoms with E-state index in [2.05, 4.69) is 50.3 Å². The molecule has 116 valence electrons. The van der Waals surface area contributed by atoms with Crippen molar-refractivity contribution in [3.63, 3.8) is 0 Å². The number of hydrogen-bond donors (Lipinski definition) is 0. The Bertz CT molecular complexity index is 367. The molecule has 0 aromatic rings. The Morgan fingerprint density at radius 2 is 1.80 bits per heavy atom. The molecule has 0 bridgehead atoms. The molecule has 1 aliphatic heterocycles. The summed E-state index contributed by atoms with van der Waals surface area (Å²) >= 11 is 2.53. The van der Waals surface area contributed by atoms with Crippen LogP contribution in [0.1, 0.15) is 66.2 Å². The summed E-state index contributed by atoms with van der Waals surface area (Å²) in [6, 6.07) is 0. The van der Waals surface area contributed by atoms with Crippen LogP contribution >= 0.6 is 22.6 Å². The van der Waals surface area contributed by atoms with Gasteiger partial charge in [-0.15, -0.1) is 0 Å². The smallest absolute Gasteiger partial charge is 0.184 e. The topological polar surface area (TPSA) is 18.5 Å². The maximum atomic E-state index is 6.03. The largest absolute Gasteiger partial charge is 0.346 e. The van der Waals surface area contributed by atoms with Gasteiger partial charge in [0.15, 0.2) is 5.79 Å². The minimum Gasteiger partial charge on any atom is -0.346 e. The van der Waals surface area contributed by atoms with E-state index in [4.69, 9.17) is 9.47 Å². The van der Waals surface area contributed by atoms with Crippen LogP contribution in [0.3, 0.4) is 0 Å². The molecular formula is C17H29IO2. The fourth-order valence-corrected chi connectivity index (χ4v) is 4.77. The molecule has 0 aromatic carbocycles. The summed E-state index contributed by atoms with van der Waals surface area (Å²) in [5, 5.41) is 0. The zero-order chi connectivity index (χ0) is 14.8. The standard InChI is InChI=1S/C17H29IO2/c1-5-6-7-8-9-14-13(2)15(18)17(12-16(14,3)4)19-10-11-20-17/h15H,5-12H2,1-4H3. The predicted octanol–water partition coefficient (Wildman–Crippen LogP) is 5.25. The fourth-order valence-electron chi connectivity index (χ4n) is 3.81. The van der Waals surface area contributed by atoms with Gasteiger partial charge in [0.25, 0.3) is 0 Å². The first-order valence-electron chi connectivity index (χ1n) is 8.05. The molecule has 3 heteroatoms. The van der Waals surface area contributed by atoms with Crippen molar-refractivity contribution in [2.24, 2.45) is 5.41 Å². The third-order valence-corrected chi connectivity index (χ3v) is 6.69. The molecule has 2 rings (SSSR count). The molecule has 0 amide bonds. The summed E-state index contributed by atoms with van der Waals surface area (Å²) in [6.45, 7) is 10.8. The van der Waals surface area contributed by atoms with Crippen LogP contribution in [0, 0.1) is 5.41 Å². The molecule has 20 heavy (non-hydrogen) atoms. The fraction of sp³-hybridized carbons (Fsp3) is 0.882. The van der Waals surface area contributed by atoms with E-state index in [1.54, 1.807) is 5.57 Å². The van der Waals surface area contributed by atoms with Crippen molar-refractivity contribution in [2.45, 2.75) is 75.9 Å². The van der Waals surface area contributed by atoms with Crippen LogP contribution in [0.2, 0.25) is 0 Å². The molecule has 2 aliphatic rings. The molecule has 1 heterocycles. The zero-order valence-electron chi connectivity index (χ0n) is 13.4. The molecule has 1 spiro atoms. The van der Waals surface area contributed by atoms with Gasteiger partial charge in [0, 0.05) is 6.42 Å². The van der Waals surface area contributed by atoms with Gasteiger partial charge in [0.1, 0.15) is 0 Å². The quantitative estimate of drug-likeness (QED) is 0.275. The Kier molecular flexibility index (Phi) is 5.58. The first-order valence-corrected chi connectivity index (χ1v) is 9.29. The minimum atomic E-state index is -0.360. The van der Waals surface area contributed by atoms with E-state index < -0.39 is 0 Å². The van der Waals surface area contributed by atoms with Crippen molar-refractivity contribution in [1.82, 2.24) is 0 Å². The van der Waals surface area contributed by atoms with E-state index in [-0.39, 0.29) is 11.2 Å². The Morgan fingerprint density at radius 1 is 1.15 bits per heavy atom. The third kappa shape index (κ3) is 3.25. The van der Waals surface area contributed by atoms with Gasteiger partial charge in [-0.05, 0) is 25.2 Å². The van der Waals surface area contributed by atoms with Crippen molar-refractivity contribution in [2.75, 3.05) is 13.2 Å². The molecular weight excluding hydrogens is 363 g/mol. The molecule has 1 atom stereocenters. The van der Waals surface area contributed by atoms with Gasteiger partial charge < -0.3 is 9.47 Å². The van der Waals surface area contributed by atoms with Crippen molar-refractivity contribution < 1.29 is 9.47 Å². The molecule has 1 fully saturated rings. The number of allylic oxidation sites excluding steroid dienone is 1. The normalized spacial score (nSPS) is 28.4. The van der Waals surface area contributed by atoms with Crippen molar-refractivity contribution in [3.8, 4) is 0 Å². The summed E-state index contributed by atoms with van der Waals surface area (Å²) in [7, 11) is 0. The Balaban J connectivity index is 2.14. The highest BCUT2D eigenvalue weighted by Gasteiger charge is 2.52. The van der Waals surface area contributed by atoms with Crippen molar-refractivity contribution >= 4 is 22.6 Å². The first kappa shape index (κ1) is 16.8. The second-order valence-electron chi connectivity index (χ2n) is 6.90. The highest BCUT2D eigenvalue weighted by Crippen LogP contribution is 2.52. The lowest BCUT2D eigenvalue weighted by Gasteiger charge is -2.46. The predicted molar refractivity (Wildman–Crippen MR) is 92.3 cm³/mol. The second-order valence-corrected chi connectivity index (χ2v) is 8.15. The van der Waals surface area contributed by atoms with Crippen LogP contribution < -0.4 is 0 Å². The molecule has 1 saturated heterocycles. The van der Waals surface area contributed by atoms with Crippen LogP contribution in [0.4, 0.5) is 0 Å². The lowest BCUT2D eigenvalue weighted by Crippen LogP contribution is -2.49. The second kappa shape index (κ2) is 6.66. The number of rotatable bonds is 5. The monoisotopic (exact) mass is 392 g/mol. The molecule has 0 radical (unpaired) electrons. The molecule has 1 unspecified atom stereocenters. The minimum absolute atomic E-state index is 0.197. The van der Waals surface area contributed by atoms with E-state index >= 15 is 0 Å². The van der Waals surface area contributed by atoms with Crippen LogP contribution in [-0.2, 0) is 9.47 Å². The van der Waals surface area contributed by atoms with E-state index in [0.29, 0.717) is 3.92 Å². The van der Waals surface area contributed by atoms with Crippen LogP contribution in [0.25, 0.3) is 0 Å². The molecule has 0 aromatic heterocycles. The number of ether oxygens (including phenoxy) is 2. The van der Waals surface area contributed by atoms with Crippen LogP contribution in [0.5, 0.6) is 0 Å². The molecule has 0 N–H and O–H groups in total. The van der Waals surface area contributed by atoms with Gasteiger partial charge in [0.2, 0.25) is 0 Å². The number of hydrogen-bond acceptors (Lipinski definition) is 2. The highest BCUT2D eigenvalue weighted by atomic mass is 127. The lowest BCUT2D eigenvalue weighted by atomic mass is 9.68. The van der Waals surface area contributed by atoms with Gasteiger partial charge in [-0.3, -0.25) is 0 Å². The molecule has 2 nitrogen and oxygen atoms in total. The Labute approximate surface area is 137 Å². The average Bonchev–Trinajstić information content (AvgIpc) is 2.84. The Hall–Kier alpha value is 0.390. The molecule has 1 aliphatic carbocycles. The van der Waals surface area contributed by atoms with Crippen molar-refractivity contribution in [3.05, 3.63) is 11.1 Å². The van der Waals surface area contributed by atoms with E-state index in [0.717, 1.165) is 19.6 Å². The molecule has 0 saturated carbocycles. The lowest BCUT2D eigenvalue weighted by molar-refractivity contribution is -0.171. The highest BCUT2D eigenvalue weighted by molar-refractivity contribution is 14.1. The van der Waals surface area contributed by atoms with Gasteiger partial charge in [-0.25, -0.2) is 0 Å². The number of halogens is 1. The van der Waals surface area contributed by atoms with Crippen molar-refractivity contribution in [1.29, 1.82) is 0 Å². The van der Waals surface area contributed by atoms with Gasteiger partial charge in [-0.2, -0.15) is 0 Å². The summed E-state index contributed by atoms with van der Waals surface area (Å²) in [4.78, 5) is 0. The SMILES string of the molecule is CCCCCCC1=C(C)C(I)C2(CC1(C)C)OCCO2. The van der Waals surface area contributed by atoms with E-state index in [1.165, 1.54) is 37.7 Å². The zero-order valence-corrected chi connectivity index (χ0v) is 15.6. The first-order chi connectivity index (χ1) is 9.43. The Morgan fingerprint density at radius 3 is 2.40 bits per heavy atom. The maximum absolute atomic E-state index is 6.03. The maximum Gasteiger partial charge on any atom is 0.184 e. The van der Waals surface area contributed by atoms with Gasteiger partial charge >= 0.3 is 0 Å². The third-order valence-electron chi connectivity index (χ3n) is 4.80. The van der Waals surface area contributed by atoms with Gasteiger partial charge in [-0.1, -0.05) is 73.8 Å². The summed E-state index contributed by atoms with van der Waals surface area (Å²) in [5.74, 6) is -0.360. The summed E-state index contributed by atoms with van der Waals surface area (Å²) in [6.07, 6.45) is 7.58. The average molecular weight is 392 g/mol. The van der Waals surface area contributed by atoms with Crippen LogP contribution in [-0.4, -0.2) is 22.9 Å². The summed E-state index contributed by atoms with van der Waals surface area (Å²) < 4.78 is 12.4. The summed E-state index contributed by atoms with van der Waals surface area (Å²) in [5.41, 5.74) is 3.35. The number of alkyl halides is 1. The van der Waals surface area contributed by atoms with Crippen LogP contribution in [0.15, 0.2) is 11.1 Å². The van der Waals surface area contributed by atoms with E-state index in [9.17, 15) is 0 Å².